The molecule has 0 radical (unpaired) electrons. The van der Waals surface area contributed by atoms with Crippen LogP contribution in [0.1, 0.15) is 23.0 Å². The number of aliphatic imine (C=N–C) groups is 1. The molecule has 0 amide bonds. The maximum atomic E-state index is 11.4. The Morgan fingerprint density at radius 2 is 1.66 bits per heavy atom. The van der Waals surface area contributed by atoms with Crippen LogP contribution < -0.4 is 4.74 Å². The first-order valence-corrected chi connectivity index (χ1v) is 11.7. The van der Waals surface area contributed by atoms with E-state index in [-0.39, 0.29) is 6.61 Å². The number of aliphatic hydroxyl groups excluding tert-OH is 1. The Morgan fingerprint density at radius 1 is 0.943 bits per heavy atom. The number of hydrogen-bond acceptors (Lipinski definition) is 7. The molecule has 0 saturated carbocycles. The maximum Gasteiger partial charge on any atom is 0.184 e. The van der Waals surface area contributed by atoms with Crippen molar-refractivity contribution in [2.45, 2.75) is 43.5 Å². The van der Waals surface area contributed by atoms with Gasteiger partial charge in [-0.25, -0.2) is 0 Å². The van der Waals surface area contributed by atoms with Gasteiger partial charge in [0.1, 0.15) is 30.1 Å². The topological polar surface area (TPSA) is 78.7 Å². The van der Waals surface area contributed by atoms with Crippen LogP contribution in [0.2, 0.25) is 0 Å². The van der Waals surface area contributed by atoms with E-state index in [9.17, 15) is 5.11 Å². The standard InChI is InChI=1S/C28H29NO6/c1-31-22-14-12-19(13-15-22)16-29-24-25(30)26-23(18-33-27(35-26)21-10-6-3-7-11-21)34-28(24)32-17-20-8-4-2-5-9-20/h2-16,23-28,30H,17-18H2,1H3/t23-,24-,25-,26-,27?,28+/m1/s1. The van der Waals surface area contributed by atoms with Crippen LogP contribution in [0.3, 0.4) is 0 Å². The van der Waals surface area contributed by atoms with E-state index in [1.807, 2.05) is 84.9 Å². The molecular weight excluding hydrogens is 446 g/mol. The third kappa shape index (κ3) is 5.61. The molecule has 2 aliphatic heterocycles. The van der Waals surface area contributed by atoms with Gasteiger partial charge in [-0.3, -0.25) is 4.99 Å². The highest BCUT2D eigenvalue weighted by molar-refractivity contribution is 5.80. The van der Waals surface area contributed by atoms with Crippen LogP contribution in [0, 0.1) is 0 Å². The highest BCUT2D eigenvalue weighted by Crippen LogP contribution is 2.35. The quantitative estimate of drug-likeness (QED) is 0.523. The molecule has 35 heavy (non-hydrogen) atoms. The van der Waals surface area contributed by atoms with Gasteiger partial charge in [-0.1, -0.05) is 60.7 Å². The molecule has 182 valence electrons. The molecule has 0 aliphatic carbocycles. The predicted molar refractivity (Wildman–Crippen MR) is 130 cm³/mol. The van der Waals surface area contributed by atoms with Gasteiger partial charge in [-0.05, 0) is 35.4 Å². The van der Waals surface area contributed by atoms with E-state index in [2.05, 4.69) is 4.99 Å². The van der Waals surface area contributed by atoms with Crippen molar-refractivity contribution in [1.29, 1.82) is 0 Å². The number of nitrogens with zero attached hydrogens (tertiary/aromatic N) is 1. The fourth-order valence-electron chi connectivity index (χ4n) is 4.27. The largest absolute Gasteiger partial charge is 0.497 e. The molecule has 2 heterocycles. The molecule has 1 N–H and O–H groups in total. The van der Waals surface area contributed by atoms with Crippen LogP contribution >= 0.6 is 0 Å². The lowest BCUT2D eigenvalue weighted by atomic mass is 9.96. The van der Waals surface area contributed by atoms with Crippen LogP contribution in [0.15, 0.2) is 89.9 Å². The van der Waals surface area contributed by atoms with Crippen LogP contribution in [0.25, 0.3) is 0 Å². The summed E-state index contributed by atoms with van der Waals surface area (Å²) in [7, 11) is 1.63. The van der Waals surface area contributed by atoms with Crippen LogP contribution in [0.4, 0.5) is 0 Å². The van der Waals surface area contributed by atoms with Gasteiger partial charge >= 0.3 is 0 Å². The Labute approximate surface area is 204 Å². The molecule has 0 aromatic heterocycles. The first-order valence-electron chi connectivity index (χ1n) is 11.7. The van der Waals surface area contributed by atoms with Gasteiger partial charge in [0.2, 0.25) is 0 Å². The van der Waals surface area contributed by atoms with Crippen molar-refractivity contribution in [2.75, 3.05) is 13.7 Å². The third-order valence-corrected chi connectivity index (χ3v) is 6.17. The molecule has 0 bridgehead atoms. The number of hydrogen-bond donors (Lipinski definition) is 1. The number of methoxy groups -OCH3 is 1. The Morgan fingerprint density at radius 3 is 2.37 bits per heavy atom. The molecule has 5 rings (SSSR count). The van der Waals surface area contributed by atoms with Crippen molar-refractivity contribution < 1.29 is 28.8 Å². The van der Waals surface area contributed by atoms with Crippen molar-refractivity contribution in [3.8, 4) is 5.75 Å². The van der Waals surface area contributed by atoms with Crippen molar-refractivity contribution in [1.82, 2.24) is 0 Å². The zero-order valence-corrected chi connectivity index (χ0v) is 19.5. The van der Waals surface area contributed by atoms with Crippen LogP contribution in [0.5, 0.6) is 5.75 Å². The summed E-state index contributed by atoms with van der Waals surface area (Å²) in [4.78, 5) is 4.69. The molecule has 1 unspecified atom stereocenters. The summed E-state index contributed by atoms with van der Waals surface area (Å²) < 4.78 is 29.7. The van der Waals surface area contributed by atoms with E-state index < -0.39 is 36.9 Å². The summed E-state index contributed by atoms with van der Waals surface area (Å²) in [6.45, 7) is 0.611. The molecule has 6 atom stereocenters. The number of ether oxygens (including phenoxy) is 5. The lowest BCUT2D eigenvalue weighted by molar-refractivity contribution is -0.343. The number of aliphatic hydroxyl groups is 1. The van der Waals surface area contributed by atoms with E-state index in [0.29, 0.717) is 6.61 Å². The minimum absolute atomic E-state index is 0.279. The zero-order valence-electron chi connectivity index (χ0n) is 19.5. The van der Waals surface area contributed by atoms with Crippen molar-refractivity contribution in [3.63, 3.8) is 0 Å². The summed E-state index contributed by atoms with van der Waals surface area (Å²) in [5.41, 5.74) is 2.77. The van der Waals surface area contributed by atoms with Gasteiger partial charge in [0.05, 0.1) is 20.3 Å². The van der Waals surface area contributed by atoms with E-state index in [4.69, 9.17) is 23.7 Å². The zero-order chi connectivity index (χ0) is 24.0. The van der Waals surface area contributed by atoms with Gasteiger partial charge in [-0.2, -0.15) is 0 Å². The smallest absolute Gasteiger partial charge is 0.184 e. The van der Waals surface area contributed by atoms with Crippen molar-refractivity contribution >= 4 is 6.21 Å². The van der Waals surface area contributed by atoms with Crippen LogP contribution in [-0.4, -0.2) is 55.7 Å². The Hall–Kier alpha value is -3.07. The Kier molecular flexibility index (Phi) is 7.51. The summed E-state index contributed by atoms with van der Waals surface area (Å²) in [5.74, 6) is 0.762. The predicted octanol–water partition coefficient (Wildman–Crippen LogP) is 3.90. The first kappa shape index (κ1) is 23.7. The molecule has 0 spiro atoms. The van der Waals surface area contributed by atoms with Gasteiger partial charge in [-0.15, -0.1) is 0 Å². The highest BCUT2D eigenvalue weighted by atomic mass is 16.7. The average Bonchev–Trinajstić information content (AvgIpc) is 2.92. The number of rotatable bonds is 7. The summed E-state index contributed by atoms with van der Waals surface area (Å²) in [6.07, 6.45) is -1.66. The monoisotopic (exact) mass is 475 g/mol. The second kappa shape index (κ2) is 11.1. The normalized spacial score (nSPS) is 28.5. The average molecular weight is 476 g/mol. The van der Waals surface area contributed by atoms with Gasteiger partial charge in [0.25, 0.3) is 0 Å². The van der Waals surface area contributed by atoms with Crippen molar-refractivity contribution in [2.24, 2.45) is 4.99 Å². The highest BCUT2D eigenvalue weighted by Gasteiger charge is 2.49. The molecule has 3 aromatic carbocycles. The van der Waals surface area contributed by atoms with E-state index in [1.54, 1.807) is 13.3 Å². The van der Waals surface area contributed by atoms with Gasteiger partial charge in [0, 0.05) is 11.8 Å². The molecule has 2 saturated heterocycles. The van der Waals surface area contributed by atoms with Gasteiger partial charge in [0.15, 0.2) is 12.6 Å². The lowest BCUT2D eigenvalue weighted by Crippen LogP contribution is -2.61. The Balaban J connectivity index is 1.35. The lowest BCUT2D eigenvalue weighted by Gasteiger charge is -2.46. The Bertz CT molecular complexity index is 1090. The van der Waals surface area contributed by atoms with E-state index in [1.165, 1.54) is 0 Å². The number of fused-ring (bicyclic) bond motifs is 1. The molecule has 2 aliphatic rings. The van der Waals surface area contributed by atoms with Crippen LogP contribution in [-0.2, 0) is 25.6 Å². The summed E-state index contributed by atoms with van der Waals surface area (Å²) in [5, 5.41) is 11.4. The second-order valence-electron chi connectivity index (χ2n) is 8.55. The molecule has 7 nitrogen and oxygen atoms in total. The SMILES string of the molecule is COc1ccc(C=N[C@H]2[C@@H](OCc3ccccc3)O[C@@H]3COC(c4ccccc4)O[C@H]3[C@@H]2O)cc1. The second-order valence-corrected chi connectivity index (χ2v) is 8.55. The van der Waals surface area contributed by atoms with Crippen molar-refractivity contribution in [3.05, 3.63) is 102 Å². The minimum Gasteiger partial charge on any atom is -0.497 e. The maximum absolute atomic E-state index is 11.4. The van der Waals surface area contributed by atoms with Gasteiger partial charge < -0.3 is 28.8 Å². The minimum atomic E-state index is -0.945. The molecule has 7 heteroatoms. The molecule has 2 fully saturated rings. The molecule has 3 aromatic rings. The fraction of sp³-hybridized carbons (Fsp3) is 0.321. The summed E-state index contributed by atoms with van der Waals surface area (Å²) >= 11 is 0. The number of benzene rings is 3. The van der Waals surface area contributed by atoms with E-state index >= 15 is 0 Å². The fourth-order valence-corrected chi connectivity index (χ4v) is 4.27. The third-order valence-electron chi connectivity index (χ3n) is 6.17. The summed E-state index contributed by atoms with van der Waals surface area (Å²) in [6, 6.07) is 26.3. The van der Waals surface area contributed by atoms with E-state index in [0.717, 1.165) is 22.4 Å². The first-order chi connectivity index (χ1) is 17.2. The molecular formula is C28H29NO6.